The molecule has 2 atom stereocenters. The second-order valence-corrected chi connectivity index (χ2v) is 7.43. The van der Waals surface area contributed by atoms with Gasteiger partial charge < -0.3 is 20.3 Å². The highest BCUT2D eigenvalue weighted by Gasteiger charge is 2.31. The van der Waals surface area contributed by atoms with Crippen LogP contribution >= 0.6 is 12.4 Å². The molecule has 1 aromatic carbocycles. The Labute approximate surface area is 167 Å². The molecule has 2 N–H and O–H groups in total. The predicted octanol–water partition coefficient (Wildman–Crippen LogP) is 2.23. The summed E-state index contributed by atoms with van der Waals surface area (Å²) in [7, 11) is 1.61. The molecule has 1 aliphatic heterocycles. The second kappa shape index (κ2) is 9.42. The van der Waals surface area contributed by atoms with Crippen molar-refractivity contribution in [1.82, 2.24) is 9.80 Å². The van der Waals surface area contributed by atoms with Crippen molar-refractivity contribution in [2.24, 2.45) is 11.7 Å². The molecular formula is C20H30ClN3O3. The minimum atomic E-state index is -0.00455. The summed E-state index contributed by atoms with van der Waals surface area (Å²) in [6.45, 7) is 4.28. The van der Waals surface area contributed by atoms with Gasteiger partial charge in [-0.05, 0) is 43.9 Å². The molecule has 1 heterocycles. The third-order valence-corrected chi connectivity index (χ3v) is 5.60. The molecule has 2 amide bonds. The van der Waals surface area contributed by atoms with Crippen LogP contribution in [0.5, 0.6) is 5.75 Å². The molecule has 0 radical (unpaired) electrons. The summed E-state index contributed by atoms with van der Waals surface area (Å²) in [5.41, 5.74) is 7.65. The summed E-state index contributed by atoms with van der Waals surface area (Å²) in [6, 6.07) is 5.68. The van der Waals surface area contributed by atoms with Crippen LogP contribution in [0.25, 0.3) is 0 Å². The molecule has 3 rings (SSSR count). The van der Waals surface area contributed by atoms with Gasteiger partial charge in [-0.2, -0.15) is 0 Å². The molecule has 0 spiro atoms. The Morgan fingerprint density at radius 2 is 1.78 bits per heavy atom. The van der Waals surface area contributed by atoms with Crippen molar-refractivity contribution in [2.75, 3.05) is 33.3 Å². The number of nitrogens with zero attached hydrogens (tertiary/aromatic N) is 2. The van der Waals surface area contributed by atoms with E-state index in [1.807, 2.05) is 28.9 Å². The van der Waals surface area contributed by atoms with Gasteiger partial charge in [0.15, 0.2) is 0 Å². The molecule has 2 unspecified atom stereocenters. The first-order chi connectivity index (χ1) is 12.5. The van der Waals surface area contributed by atoms with Crippen LogP contribution in [0.4, 0.5) is 0 Å². The lowest BCUT2D eigenvalue weighted by atomic mass is 9.85. The number of hydrogen-bond donors (Lipinski definition) is 1. The van der Waals surface area contributed by atoms with E-state index in [0.29, 0.717) is 31.7 Å². The maximum absolute atomic E-state index is 12.8. The number of piperazine rings is 1. The molecule has 1 aliphatic carbocycles. The van der Waals surface area contributed by atoms with Crippen LogP contribution in [-0.4, -0.2) is 60.9 Å². The van der Waals surface area contributed by atoms with Crippen molar-refractivity contribution in [3.8, 4) is 5.75 Å². The summed E-state index contributed by atoms with van der Waals surface area (Å²) < 4.78 is 5.31. The molecule has 7 heteroatoms. The fourth-order valence-electron chi connectivity index (χ4n) is 3.98. The Bertz CT molecular complexity index is 674. The lowest BCUT2D eigenvalue weighted by Gasteiger charge is -2.37. The standard InChI is InChI=1S/C20H29N3O3.ClH/c1-14-6-7-16(13-18(14)26-2)20(25)23-10-8-22(9-11-23)19(24)15-4-3-5-17(21)12-15;/h6-7,13,15,17H,3-5,8-12,21H2,1-2H3;1H. The quantitative estimate of drug-likeness (QED) is 0.851. The predicted molar refractivity (Wildman–Crippen MR) is 107 cm³/mol. The van der Waals surface area contributed by atoms with Crippen LogP contribution in [0.3, 0.4) is 0 Å². The van der Waals surface area contributed by atoms with Crippen LogP contribution in [0.1, 0.15) is 41.6 Å². The Morgan fingerprint density at radius 1 is 1.11 bits per heavy atom. The number of carbonyl (C=O) groups is 2. The summed E-state index contributed by atoms with van der Waals surface area (Å²) in [5, 5.41) is 0. The number of ether oxygens (including phenoxy) is 1. The van der Waals surface area contributed by atoms with Crippen molar-refractivity contribution in [1.29, 1.82) is 0 Å². The number of methoxy groups -OCH3 is 1. The zero-order valence-corrected chi connectivity index (χ0v) is 17.0. The van der Waals surface area contributed by atoms with Crippen LogP contribution in [0.15, 0.2) is 18.2 Å². The zero-order valence-electron chi connectivity index (χ0n) is 16.1. The van der Waals surface area contributed by atoms with Gasteiger partial charge in [0.25, 0.3) is 5.91 Å². The van der Waals surface area contributed by atoms with Gasteiger partial charge in [0.1, 0.15) is 5.75 Å². The molecule has 6 nitrogen and oxygen atoms in total. The topological polar surface area (TPSA) is 75.9 Å². The smallest absolute Gasteiger partial charge is 0.254 e. The molecule has 27 heavy (non-hydrogen) atoms. The number of halogens is 1. The van der Waals surface area contributed by atoms with Crippen molar-refractivity contribution >= 4 is 24.2 Å². The first-order valence-corrected chi connectivity index (χ1v) is 9.48. The Hall–Kier alpha value is -1.79. The normalized spacial score (nSPS) is 22.8. The Kier molecular flexibility index (Phi) is 7.50. The van der Waals surface area contributed by atoms with E-state index in [-0.39, 0.29) is 36.2 Å². The van der Waals surface area contributed by atoms with Gasteiger partial charge in [-0.1, -0.05) is 12.5 Å². The van der Waals surface area contributed by atoms with Crippen LogP contribution in [-0.2, 0) is 4.79 Å². The van der Waals surface area contributed by atoms with E-state index in [1.165, 1.54) is 0 Å². The number of amides is 2. The van der Waals surface area contributed by atoms with E-state index >= 15 is 0 Å². The highest BCUT2D eigenvalue weighted by Crippen LogP contribution is 2.26. The number of carbonyl (C=O) groups excluding carboxylic acids is 2. The van der Waals surface area contributed by atoms with Gasteiger partial charge in [0, 0.05) is 43.7 Å². The third-order valence-electron chi connectivity index (χ3n) is 5.60. The first kappa shape index (κ1) is 21.5. The number of hydrogen-bond acceptors (Lipinski definition) is 4. The maximum atomic E-state index is 12.8. The average Bonchev–Trinajstić information content (AvgIpc) is 2.67. The minimum Gasteiger partial charge on any atom is -0.496 e. The van der Waals surface area contributed by atoms with Gasteiger partial charge in [0.05, 0.1) is 7.11 Å². The van der Waals surface area contributed by atoms with Crippen LogP contribution < -0.4 is 10.5 Å². The number of nitrogens with two attached hydrogens (primary N) is 1. The minimum absolute atomic E-state index is 0. The number of benzene rings is 1. The highest BCUT2D eigenvalue weighted by molar-refractivity contribution is 5.95. The van der Waals surface area contributed by atoms with Gasteiger partial charge >= 0.3 is 0 Å². The van der Waals surface area contributed by atoms with E-state index in [1.54, 1.807) is 13.2 Å². The molecule has 0 bridgehead atoms. The second-order valence-electron chi connectivity index (χ2n) is 7.43. The largest absolute Gasteiger partial charge is 0.496 e. The van der Waals surface area contributed by atoms with Crippen molar-refractivity contribution < 1.29 is 14.3 Å². The third kappa shape index (κ3) is 4.93. The van der Waals surface area contributed by atoms with Gasteiger partial charge in [-0.3, -0.25) is 9.59 Å². The lowest BCUT2D eigenvalue weighted by molar-refractivity contribution is -0.138. The Balaban J connectivity index is 0.00000261. The highest BCUT2D eigenvalue weighted by atomic mass is 35.5. The number of aryl methyl sites for hydroxylation is 1. The van der Waals surface area contributed by atoms with Gasteiger partial charge in [0.2, 0.25) is 5.91 Å². The van der Waals surface area contributed by atoms with Gasteiger partial charge in [-0.25, -0.2) is 0 Å². The molecular weight excluding hydrogens is 366 g/mol. The van der Waals surface area contributed by atoms with Crippen molar-refractivity contribution in [3.05, 3.63) is 29.3 Å². The van der Waals surface area contributed by atoms with E-state index in [9.17, 15) is 9.59 Å². The van der Waals surface area contributed by atoms with E-state index < -0.39 is 0 Å². The molecule has 150 valence electrons. The maximum Gasteiger partial charge on any atom is 0.254 e. The number of rotatable bonds is 3. The van der Waals surface area contributed by atoms with Crippen LogP contribution in [0.2, 0.25) is 0 Å². The van der Waals surface area contributed by atoms with E-state index in [4.69, 9.17) is 10.5 Å². The molecule has 2 fully saturated rings. The average molecular weight is 396 g/mol. The van der Waals surface area contributed by atoms with Crippen LogP contribution in [0, 0.1) is 12.8 Å². The van der Waals surface area contributed by atoms with E-state index in [0.717, 1.165) is 37.0 Å². The summed E-state index contributed by atoms with van der Waals surface area (Å²) in [5.74, 6) is 0.986. The Morgan fingerprint density at radius 3 is 2.41 bits per heavy atom. The fourth-order valence-corrected chi connectivity index (χ4v) is 3.98. The molecule has 1 saturated heterocycles. The van der Waals surface area contributed by atoms with Crippen molar-refractivity contribution in [3.63, 3.8) is 0 Å². The van der Waals surface area contributed by atoms with Crippen molar-refractivity contribution in [2.45, 2.75) is 38.6 Å². The monoisotopic (exact) mass is 395 g/mol. The van der Waals surface area contributed by atoms with Gasteiger partial charge in [-0.15, -0.1) is 12.4 Å². The fraction of sp³-hybridized carbons (Fsp3) is 0.600. The summed E-state index contributed by atoms with van der Waals surface area (Å²) in [6.07, 6.45) is 3.79. The lowest BCUT2D eigenvalue weighted by Crippen LogP contribution is -2.52. The molecule has 1 aromatic rings. The molecule has 2 aliphatic rings. The van der Waals surface area contributed by atoms with E-state index in [2.05, 4.69) is 0 Å². The molecule has 0 aromatic heterocycles. The molecule has 1 saturated carbocycles. The first-order valence-electron chi connectivity index (χ1n) is 9.48. The SMILES string of the molecule is COc1cc(C(=O)N2CCN(C(=O)C3CCCC(N)C3)CC2)ccc1C.Cl. The summed E-state index contributed by atoms with van der Waals surface area (Å²) in [4.78, 5) is 29.2. The summed E-state index contributed by atoms with van der Waals surface area (Å²) >= 11 is 0. The zero-order chi connectivity index (χ0) is 18.7.